The minimum atomic E-state index is 0.395. The molecule has 1 N–H and O–H groups in total. The van der Waals surface area contributed by atoms with Crippen molar-refractivity contribution in [3.8, 4) is 0 Å². The summed E-state index contributed by atoms with van der Waals surface area (Å²) in [6.45, 7) is 9.88. The number of nitrogens with one attached hydrogen (secondary N) is 1. The third kappa shape index (κ3) is 3.05. The maximum atomic E-state index is 4.58. The summed E-state index contributed by atoms with van der Waals surface area (Å²) in [5.41, 5.74) is 2.61. The number of aryl methyl sites for hydroxylation is 1. The summed E-state index contributed by atoms with van der Waals surface area (Å²) >= 11 is 0. The monoisotopic (exact) mass is 220 g/mol. The number of aromatic nitrogens is 1. The van der Waals surface area contributed by atoms with E-state index in [0.29, 0.717) is 12.0 Å². The van der Waals surface area contributed by atoms with Crippen LogP contribution in [0.1, 0.15) is 51.4 Å². The van der Waals surface area contributed by atoms with E-state index in [9.17, 15) is 0 Å². The molecule has 0 aliphatic carbocycles. The minimum Gasteiger partial charge on any atom is -0.309 e. The van der Waals surface area contributed by atoms with Gasteiger partial charge in [-0.15, -0.1) is 0 Å². The normalized spacial score (nSPS) is 14.8. The van der Waals surface area contributed by atoms with E-state index in [1.165, 1.54) is 17.7 Å². The molecule has 16 heavy (non-hydrogen) atoms. The molecule has 0 amide bonds. The van der Waals surface area contributed by atoms with Gasteiger partial charge in [0.05, 0.1) is 11.7 Å². The summed E-state index contributed by atoms with van der Waals surface area (Å²) in [5.74, 6) is 0.625. The second-order valence-corrected chi connectivity index (χ2v) is 4.32. The average molecular weight is 220 g/mol. The van der Waals surface area contributed by atoms with Crippen molar-refractivity contribution >= 4 is 0 Å². The summed E-state index contributed by atoms with van der Waals surface area (Å²) in [4.78, 5) is 4.58. The van der Waals surface area contributed by atoms with Crippen molar-refractivity contribution in [2.45, 2.75) is 46.6 Å². The zero-order valence-corrected chi connectivity index (χ0v) is 11.0. The topological polar surface area (TPSA) is 24.9 Å². The fourth-order valence-electron chi connectivity index (χ4n) is 2.05. The Labute approximate surface area is 99.5 Å². The van der Waals surface area contributed by atoms with Gasteiger partial charge >= 0.3 is 0 Å². The first-order valence-electron chi connectivity index (χ1n) is 6.41. The maximum Gasteiger partial charge on any atom is 0.0607 e. The molecule has 2 heteroatoms. The standard InChI is InChI=1S/C14H24N2/c1-5-11(4)13(15-7-3)14-12(6-2)9-8-10-16-14/h8-11,13,15H,5-7H2,1-4H3. The Morgan fingerprint density at radius 3 is 2.62 bits per heavy atom. The number of hydrogen-bond acceptors (Lipinski definition) is 2. The molecule has 2 nitrogen and oxygen atoms in total. The Kier molecular flexibility index (Phi) is 5.47. The molecule has 0 aliphatic heterocycles. The molecule has 0 bridgehead atoms. The molecule has 1 heterocycles. The van der Waals surface area contributed by atoms with E-state index >= 15 is 0 Å². The highest BCUT2D eigenvalue weighted by Gasteiger charge is 2.20. The van der Waals surface area contributed by atoms with Gasteiger partial charge in [0.25, 0.3) is 0 Å². The predicted molar refractivity (Wildman–Crippen MR) is 69.5 cm³/mol. The highest BCUT2D eigenvalue weighted by molar-refractivity contribution is 5.23. The first-order valence-corrected chi connectivity index (χ1v) is 6.41. The lowest BCUT2D eigenvalue weighted by Crippen LogP contribution is -2.28. The lowest BCUT2D eigenvalue weighted by molar-refractivity contribution is 0.374. The lowest BCUT2D eigenvalue weighted by Gasteiger charge is -2.25. The zero-order valence-electron chi connectivity index (χ0n) is 11.0. The summed E-state index contributed by atoms with van der Waals surface area (Å²) in [6.07, 6.45) is 4.14. The molecule has 0 radical (unpaired) electrons. The highest BCUT2D eigenvalue weighted by atomic mass is 14.9. The van der Waals surface area contributed by atoms with Crippen LogP contribution in [0.5, 0.6) is 0 Å². The Balaban J connectivity index is 2.99. The number of rotatable bonds is 6. The van der Waals surface area contributed by atoms with Gasteiger partial charge in [-0.2, -0.15) is 0 Å². The summed E-state index contributed by atoms with van der Waals surface area (Å²) < 4.78 is 0. The van der Waals surface area contributed by atoms with Crippen molar-refractivity contribution in [2.24, 2.45) is 5.92 Å². The number of hydrogen-bond donors (Lipinski definition) is 1. The molecule has 0 saturated carbocycles. The SMILES string of the molecule is CCNC(c1ncccc1CC)C(C)CC. The van der Waals surface area contributed by atoms with E-state index in [4.69, 9.17) is 0 Å². The quantitative estimate of drug-likeness (QED) is 0.795. The van der Waals surface area contributed by atoms with Gasteiger partial charge < -0.3 is 5.32 Å². The molecule has 0 saturated heterocycles. The van der Waals surface area contributed by atoms with Crippen LogP contribution in [-0.2, 0) is 6.42 Å². The molecule has 2 unspecified atom stereocenters. The minimum absolute atomic E-state index is 0.395. The van der Waals surface area contributed by atoms with Gasteiger partial charge in [0.2, 0.25) is 0 Å². The van der Waals surface area contributed by atoms with E-state index in [2.05, 4.69) is 44.1 Å². The summed E-state index contributed by atoms with van der Waals surface area (Å²) in [7, 11) is 0. The first-order chi connectivity index (χ1) is 7.74. The number of nitrogens with zero attached hydrogens (tertiary/aromatic N) is 1. The Hall–Kier alpha value is -0.890. The van der Waals surface area contributed by atoms with Gasteiger partial charge in [-0.3, -0.25) is 4.98 Å². The molecular weight excluding hydrogens is 196 g/mol. The van der Waals surface area contributed by atoms with Crippen molar-refractivity contribution in [1.82, 2.24) is 10.3 Å². The maximum absolute atomic E-state index is 4.58. The van der Waals surface area contributed by atoms with Crippen molar-refractivity contribution in [3.63, 3.8) is 0 Å². The molecule has 0 fully saturated rings. The van der Waals surface area contributed by atoms with Crippen molar-refractivity contribution < 1.29 is 0 Å². The molecule has 90 valence electrons. The van der Waals surface area contributed by atoms with Crippen LogP contribution in [0.25, 0.3) is 0 Å². The van der Waals surface area contributed by atoms with Crippen LogP contribution in [0.4, 0.5) is 0 Å². The third-order valence-electron chi connectivity index (χ3n) is 3.24. The van der Waals surface area contributed by atoms with Crippen LogP contribution >= 0.6 is 0 Å². The van der Waals surface area contributed by atoms with E-state index in [1.807, 2.05) is 12.3 Å². The predicted octanol–water partition coefficient (Wildman–Crippen LogP) is 3.34. The molecule has 2 atom stereocenters. The van der Waals surface area contributed by atoms with Crippen LogP contribution in [0, 0.1) is 5.92 Å². The van der Waals surface area contributed by atoms with E-state index in [0.717, 1.165) is 13.0 Å². The van der Waals surface area contributed by atoms with Crippen LogP contribution in [0.15, 0.2) is 18.3 Å². The second-order valence-electron chi connectivity index (χ2n) is 4.32. The van der Waals surface area contributed by atoms with Crippen molar-refractivity contribution in [3.05, 3.63) is 29.6 Å². The third-order valence-corrected chi connectivity index (χ3v) is 3.24. The van der Waals surface area contributed by atoms with Crippen LogP contribution in [-0.4, -0.2) is 11.5 Å². The van der Waals surface area contributed by atoms with Gasteiger partial charge in [0, 0.05) is 6.20 Å². The fraction of sp³-hybridized carbons (Fsp3) is 0.643. The van der Waals surface area contributed by atoms with Crippen molar-refractivity contribution in [1.29, 1.82) is 0 Å². The lowest BCUT2D eigenvalue weighted by atomic mass is 9.92. The van der Waals surface area contributed by atoms with Crippen LogP contribution < -0.4 is 5.32 Å². The van der Waals surface area contributed by atoms with Gasteiger partial charge in [-0.25, -0.2) is 0 Å². The smallest absolute Gasteiger partial charge is 0.0607 e. The van der Waals surface area contributed by atoms with Gasteiger partial charge in [-0.1, -0.05) is 40.2 Å². The molecule has 1 aromatic rings. The number of pyridine rings is 1. The second kappa shape index (κ2) is 6.64. The van der Waals surface area contributed by atoms with Gasteiger partial charge in [0.15, 0.2) is 0 Å². The fourth-order valence-corrected chi connectivity index (χ4v) is 2.05. The molecule has 0 spiro atoms. The molecule has 0 aliphatic rings. The average Bonchev–Trinajstić information content (AvgIpc) is 2.35. The molecule has 1 aromatic heterocycles. The van der Waals surface area contributed by atoms with Crippen LogP contribution in [0.2, 0.25) is 0 Å². The molecule has 0 aromatic carbocycles. The van der Waals surface area contributed by atoms with E-state index in [1.54, 1.807) is 0 Å². The van der Waals surface area contributed by atoms with Crippen molar-refractivity contribution in [2.75, 3.05) is 6.54 Å². The van der Waals surface area contributed by atoms with Gasteiger partial charge in [0.1, 0.15) is 0 Å². The zero-order chi connectivity index (χ0) is 12.0. The summed E-state index contributed by atoms with van der Waals surface area (Å²) in [6, 6.07) is 4.61. The summed E-state index contributed by atoms with van der Waals surface area (Å²) in [5, 5.41) is 3.56. The van der Waals surface area contributed by atoms with Crippen LogP contribution in [0.3, 0.4) is 0 Å². The Morgan fingerprint density at radius 2 is 2.06 bits per heavy atom. The Morgan fingerprint density at radius 1 is 1.31 bits per heavy atom. The first kappa shape index (κ1) is 13.2. The highest BCUT2D eigenvalue weighted by Crippen LogP contribution is 2.25. The van der Waals surface area contributed by atoms with Gasteiger partial charge in [-0.05, 0) is 30.5 Å². The molecule has 1 rings (SSSR count). The van der Waals surface area contributed by atoms with E-state index in [-0.39, 0.29) is 0 Å². The molecular formula is C14H24N2. The Bertz CT molecular complexity index is 309. The largest absolute Gasteiger partial charge is 0.309 e. The van der Waals surface area contributed by atoms with E-state index < -0.39 is 0 Å².